The maximum absolute atomic E-state index is 4.16. The van der Waals surface area contributed by atoms with E-state index in [4.69, 9.17) is 0 Å². The zero-order chi connectivity index (χ0) is 11.8. The van der Waals surface area contributed by atoms with Gasteiger partial charge in [-0.3, -0.25) is 4.68 Å². The normalized spacial score (nSPS) is 12.9. The van der Waals surface area contributed by atoms with Crippen molar-refractivity contribution in [3.05, 3.63) is 18.0 Å². The number of nitrogens with one attached hydrogen (secondary N) is 1. The third kappa shape index (κ3) is 4.35. The summed E-state index contributed by atoms with van der Waals surface area (Å²) in [5.41, 5.74) is 1.25. The molecule has 0 amide bonds. The van der Waals surface area contributed by atoms with Crippen molar-refractivity contribution in [3.8, 4) is 0 Å². The van der Waals surface area contributed by atoms with Gasteiger partial charge in [0.25, 0.3) is 0 Å². The van der Waals surface area contributed by atoms with Gasteiger partial charge in [0.15, 0.2) is 0 Å². The molecule has 1 rings (SSSR count). The summed E-state index contributed by atoms with van der Waals surface area (Å²) in [5.74, 6) is 0.827. The lowest BCUT2D eigenvalue weighted by Crippen LogP contribution is -2.23. The van der Waals surface area contributed by atoms with Crippen molar-refractivity contribution >= 4 is 0 Å². The molecule has 1 N–H and O–H groups in total. The fraction of sp³-hybridized carbons (Fsp3) is 0.769. The van der Waals surface area contributed by atoms with Gasteiger partial charge in [-0.2, -0.15) is 5.10 Å². The first-order valence-electron chi connectivity index (χ1n) is 6.45. The van der Waals surface area contributed by atoms with Crippen molar-refractivity contribution in [3.63, 3.8) is 0 Å². The molecule has 92 valence electrons. The monoisotopic (exact) mass is 223 g/mol. The van der Waals surface area contributed by atoms with Crippen LogP contribution >= 0.6 is 0 Å². The predicted molar refractivity (Wildman–Crippen MR) is 68.2 cm³/mol. The van der Waals surface area contributed by atoms with Gasteiger partial charge >= 0.3 is 0 Å². The molecule has 0 spiro atoms. The van der Waals surface area contributed by atoms with Crippen molar-refractivity contribution in [2.24, 2.45) is 13.0 Å². The first-order valence-corrected chi connectivity index (χ1v) is 6.45. The van der Waals surface area contributed by atoms with Crippen LogP contribution in [0.5, 0.6) is 0 Å². The van der Waals surface area contributed by atoms with Gasteiger partial charge < -0.3 is 5.32 Å². The first-order chi connectivity index (χ1) is 7.77. The van der Waals surface area contributed by atoms with Crippen molar-refractivity contribution in [1.82, 2.24) is 15.1 Å². The number of aromatic nitrogens is 2. The molecule has 3 heteroatoms. The fourth-order valence-corrected chi connectivity index (χ4v) is 1.92. The van der Waals surface area contributed by atoms with Gasteiger partial charge in [0.1, 0.15) is 0 Å². The zero-order valence-electron chi connectivity index (χ0n) is 10.9. The lowest BCUT2D eigenvalue weighted by molar-refractivity contribution is 0.416. The Hall–Kier alpha value is -0.830. The Morgan fingerprint density at radius 2 is 2.25 bits per heavy atom. The van der Waals surface area contributed by atoms with Gasteiger partial charge in [0.05, 0.1) is 5.69 Å². The van der Waals surface area contributed by atoms with Crippen molar-refractivity contribution < 1.29 is 0 Å². The summed E-state index contributed by atoms with van der Waals surface area (Å²) in [6, 6.07) is 2.07. The minimum atomic E-state index is 0.827. The second-order valence-electron chi connectivity index (χ2n) is 4.49. The molecule has 0 aromatic carbocycles. The smallest absolute Gasteiger partial charge is 0.0518 e. The molecule has 0 aliphatic rings. The third-order valence-corrected chi connectivity index (χ3v) is 3.20. The molecule has 0 saturated carbocycles. The first kappa shape index (κ1) is 13.2. The van der Waals surface area contributed by atoms with Gasteiger partial charge in [-0.05, 0) is 24.9 Å². The molecule has 1 atom stereocenters. The van der Waals surface area contributed by atoms with Gasteiger partial charge in [0.2, 0.25) is 0 Å². The van der Waals surface area contributed by atoms with Crippen LogP contribution in [0.25, 0.3) is 0 Å². The van der Waals surface area contributed by atoms with Crippen LogP contribution in [0.2, 0.25) is 0 Å². The molecule has 0 aliphatic heterocycles. The topological polar surface area (TPSA) is 29.9 Å². The molecule has 1 unspecified atom stereocenters. The number of hydrogen-bond acceptors (Lipinski definition) is 2. The largest absolute Gasteiger partial charge is 0.311 e. The summed E-state index contributed by atoms with van der Waals surface area (Å²) in [7, 11) is 1.99. The predicted octanol–water partition coefficient (Wildman–Crippen LogP) is 2.73. The standard InChI is InChI=1S/C13H25N3/c1-4-6-7-12(5-2)10-14-11-13-8-9-15-16(13)3/h8-9,12,14H,4-7,10-11H2,1-3H3. The maximum Gasteiger partial charge on any atom is 0.0518 e. The van der Waals surface area contributed by atoms with Crippen LogP contribution in [-0.4, -0.2) is 16.3 Å². The summed E-state index contributed by atoms with van der Waals surface area (Å²) < 4.78 is 1.93. The highest BCUT2D eigenvalue weighted by Gasteiger charge is 2.05. The second kappa shape index (κ2) is 7.44. The molecular weight excluding hydrogens is 198 g/mol. The number of rotatable bonds is 8. The van der Waals surface area contributed by atoms with Crippen LogP contribution in [0, 0.1) is 5.92 Å². The fourth-order valence-electron chi connectivity index (χ4n) is 1.92. The lowest BCUT2D eigenvalue weighted by Gasteiger charge is -2.15. The van der Waals surface area contributed by atoms with Crippen LogP contribution in [0.4, 0.5) is 0 Å². The van der Waals surface area contributed by atoms with Crippen LogP contribution in [0.3, 0.4) is 0 Å². The quantitative estimate of drug-likeness (QED) is 0.734. The van der Waals surface area contributed by atoms with Crippen LogP contribution in [0.15, 0.2) is 12.3 Å². The van der Waals surface area contributed by atoms with E-state index in [0.717, 1.165) is 19.0 Å². The number of aryl methyl sites for hydroxylation is 1. The van der Waals surface area contributed by atoms with Crippen LogP contribution < -0.4 is 5.32 Å². The molecule has 1 heterocycles. The van der Waals surface area contributed by atoms with E-state index in [1.165, 1.54) is 31.4 Å². The van der Waals surface area contributed by atoms with Crippen molar-refractivity contribution in [2.75, 3.05) is 6.54 Å². The minimum Gasteiger partial charge on any atom is -0.311 e. The molecule has 0 aliphatic carbocycles. The molecule has 0 radical (unpaired) electrons. The molecule has 1 aromatic rings. The van der Waals surface area contributed by atoms with E-state index in [0.29, 0.717) is 0 Å². The van der Waals surface area contributed by atoms with Crippen molar-refractivity contribution in [2.45, 2.75) is 46.1 Å². The molecule has 16 heavy (non-hydrogen) atoms. The highest BCUT2D eigenvalue weighted by molar-refractivity contribution is 4.99. The van der Waals surface area contributed by atoms with Gasteiger partial charge in [-0.25, -0.2) is 0 Å². The molecule has 0 bridgehead atoms. The lowest BCUT2D eigenvalue weighted by atomic mass is 9.99. The Morgan fingerprint density at radius 1 is 1.44 bits per heavy atom. The van der Waals surface area contributed by atoms with E-state index >= 15 is 0 Å². The van der Waals surface area contributed by atoms with Crippen LogP contribution in [0.1, 0.15) is 45.2 Å². The van der Waals surface area contributed by atoms with E-state index in [-0.39, 0.29) is 0 Å². The van der Waals surface area contributed by atoms with Gasteiger partial charge in [-0.1, -0.05) is 33.1 Å². The number of hydrogen-bond donors (Lipinski definition) is 1. The Labute approximate surface area is 99.2 Å². The molecule has 0 fully saturated rings. The van der Waals surface area contributed by atoms with E-state index in [2.05, 4.69) is 30.3 Å². The Kier molecular flexibility index (Phi) is 6.16. The van der Waals surface area contributed by atoms with Gasteiger partial charge in [-0.15, -0.1) is 0 Å². The van der Waals surface area contributed by atoms with E-state index in [1.54, 1.807) is 0 Å². The van der Waals surface area contributed by atoms with E-state index in [1.807, 2.05) is 17.9 Å². The maximum atomic E-state index is 4.16. The summed E-state index contributed by atoms with van der Waals surface area (Å²) >= 11 is 0. The number of unbranched alkanes of at least 4 members (excludes halogenated alkanes) is 1. The average Bonchev–Trinajstić information content (AvgIpc) is 2.69. The van der Waals surface area contributed by atoms with E-state index < -0.39 is 0 Å². The highest BCUT2D eigenvalue weighted by atomic mass is 15.3. The van der Waals surface area contributed by atoms with E-state index in [9.17, 15) is 0 Å². The number of nitrogens with zero attached hydrogens (tertiary/aromatic N) is 2. The summed E-state index contributed by atoms with van der Waals surface area (Å²) in [5, 5.41) is 7.69. The third-order valence-electron chi connectivity index (χ3n) is 3.20. The second-order valence-corrected chi connectivity index (χ2v) is 4.49. The summed E-state index contributed by atoms with van der Waals surface area (Å²) in [6.07, 6.45) is 7.14. The van der Waals surface area contributed by atoms with Crippen molar-refractivity contribution in [1.29, 1.82) is 0 Å². The average molecular weight is 223 g/mol. The Bertz CT molecular complexity index is 280. The van der Waals surface area contributed by atoms with Crippen LogP contribution in [-0.2, 0) is 13.6 Å². The SMILES string of the molecule is CCCCC(CC)CNCc1ccnn1C. The minimum absolute atomic E-state index is 0.827. The molecule has 0 saturated heterocycles. The summed E-state index contributed by atoms with van der Waals surface area (Å²) in [6.45, 7) is 6.60. The molecule has 1 aromatic heterocycles. The highest BCUT2D eigenvalue weighted by Crippen LogP contribution is 2.11. The van der Waals surface area contributed by atoms with Gasteiger partial charge in [0, 0.05) is 19.8 Å². The Balaban J connectivity index is 2.20. The molecule has 3 nitrogen and oxygen atoms in total. The Morgan fingerprint density at radius 3 is 2.81 bits per heavy atom. The zero-order valence-corrected chi connectivity index (χ0v) is 10.9. The molecular formula is C13H25N3. The summed E-state index contributed by atoms with van der Waals surface area (Å²) in [4.78, 5) is 0.